The van der Waals surface area contributed by atoms with Crippen LogP contribution in [0.25, 0.3) is 21.3 Å². The van der Waals surface area contributed by atoms with Gasteiger partial charge in [-0.25, -0.2) is 0 Å². The first-order chi connectivity index (χ1) is 10.3. The summed E-state index contributed by atoms with van der Waals surface area (Å²) in [4.78, 5) is 7.29. The number of aromatic nitrogens is 1. The standard InChI is InChI=1S/C18H20N2S/c1-20-8-2-4-15(20)10-14-12-19-17-7-6-13(11-16(14)17)18-5-3-9-21-18/h3,5-7,9,11-12,15,19H,2,4,8,10H2,1H3/t15-/m0/s1. The molecule has 21 heavy (non-hydrogen) atoms. The van der Waals surface area contributed by atoms with Gasteiger partial charge < -0.3 is 9.88 Å². The summed E-state index contributed by atoms with van der Waals surface area (Å²) in [7, 11) is 2.25. The Bertz CT molecular complexity index is 742. The van der Waals surface area contributed by atoms with Crippen LogP contribution in [0.15, 0.2) is 41.9 Å². The van der Waals surface area contributed by atoms with Crippen molar-refractivity contribution in [2.24, 2.45) is 0 Å². The molecule has 1 atom stereocenters. The summed E-state index contributed by atoms with van der Waals surface area (Å²) in [6, 6.07) is 11.8. The van der Waals surface area contributed by atoms with Crippen LogP contribution >= 0.6 is 11.3 Å². The van der Waals surface area contributed by atoms with Gasteiger partial charge in [0.15, 0.2) is 0 Å². The van der Waals surface area contributed by atoms with Crippen molar-refractivity contribution in [2.75, 3.05) is 13.6 Å². The van der Waals surface area contributed by atoms with E-state index >= 15 is 0 Å². The molecule has 2 nitrogen and oxygen atoms in total. The number of aromatic amines is 1. The zero-order valence-electron chi connectivity index (χ0n) is 12.3. The fraction of sp³-hybridized carbons (Fsp3) is 0.333. The van der Waals surface area contributed by atoms with Crippen LogP contribution in [0.5, 0.6) is 0 Å². The number of likely N-dealkylation sites (tertiary alicyclic amines) is 1. The molecule has 0 radical (unpaired) electrons. The molecule has 0 amide bonds. The van der Waals surface area contributed by atoms with Gasteiger partial charge in [-0.1, -0.05) is 12.1 Å². The maximum absolute atomic E-state index is 3.43. The van der Waals surface area contributed by atoms with Gasteiger partial charge in [-0.05, 0) is 67.6 Å². The highest BCUT2D eigenvalue weighted by Crippen LogP contribution is 2.30. The SMILES string of the molecule is CN1CCC[C@H]1Cc1c[nH]c2ccc(-c3cccs3)cc12. The van der Waals surface area contributed by atoms with Crippen LogP contribution in [0.4, 0.5) is 0 Å². The molecule has 1 aliphatic heterocycles. The first kappa shape index (κ1) is 13.1. The number of nitrogens with one attached hydrogen (secondary N) is 1. The summed E-state index contributed by atoms with van der Waals surface area (Å²) in [6.07, 6.45) is 6.02. The topological polar surface area (TPSA) is 19.0 Å². The molecule has 0 unspecified atom stereocenters. The molecule has 3 heteroatoms. The quantitative estimate of drug-likeness (QED) is 0.752. The lowest BCUT2D eigenvalue weighted by atomic mass is 10.0. The van der Waals surface area contributed by atoms with Gasteiger partial charge in [-0.3, -0.25) is 0 Å². The Morgan fingerprint density at radius 1 is 1.33 bits per heavy atom. The Morgan fingerprint density at radius 3 is 3.05 bits per heavy atom. The lowest BCUT2D eigenvalue weighted by Gasteiger charge is -2.18. The summed E-state index contributed by atoms with van der Waals surface area (Å²) in [5.41, 5.74) is 4.05. The molecule has 4 rings (SSSR count). The predicted octanol–water partition coefficient (Wildman–Crippen LogP) is 4.53. The second-order valence-corrected chi connectivity index (χ2v) is 6.98. The highest BCUT2D eigenvalue weighted by atomic mass is 32.1. The fourth-order valence-corrected chi connectivity index (χ4v) is 4.16. The van der Waals surface area contributed by atoms with Crippen molar-refractivity contribution in [1.82, 2.24) is 9.88 Å². The van der Waals surface area contributed by atoms with Crippen molar-refractivity contribution in [3.05, 3.63) is 47.5 Å². The Labute approximate surface area is 129 Å². The lowest BCUT2D eigenvalue weighted by Crippen LogP contribution is -2.26. The van der Waals surface area contributed by atoms with E-state index in [1.54, 1.807) is 0 Å². The Kier molecular flexibility index (Phi) is 3.32. The number of rotatable bonds is 3. The molecule has 108 valence electrons. The van der Waals surface area contributed by atoms with Crippen LogP contribution in [0.1, 0.15) is 18.4 Å². The Balaban J connectivity index is 1.70. The van der Waals surface area contributed by atoms with Crippen molar-refractivity contribution in [3.63, 3.8) is 0 Å². The molecule has 1 aliphatic rings. The zero-order chi connectivity index (χ0) is 14.2. The van der Waals surface area contributed by atoms with Gasteiger partial charge in [0.2, 0.25) is 0 Å². The predicted molar refractivity (Wildman–Crippen MR) is 91.0 cm³/mol. The molecular weight excluding hydrogens is 276 g/mol. The van der Waals surface area contributed by atoms with Crippen LogP contribution in [0, 0.1) is 0 Å². The third kappa shape index (κ3) is 2.41. The van der Waals surface area contributed by atoms with Gasteiger partial charge in [0.05, 0.1) is 0 Å². The number of fused-ring (bicyclic) bond motifs is 1. The number of hydrogen-bond acceptors (Lipinski definition) is 2. The van der Waals surface area contributed by atoms with E-state index in [1.165, 1.54) is 46.3 Å². The fourth-order valence-electron chi connectivity index (χ4n) is 3.43. The van der Waals surface area contributed by atoms with E-state index in [9.17, 15) is 0 Å². The van der Waals surface area contributed by atoms with Crippen molar-refractivity contribution >= 4 is 22.2 Å². The monoisotopic (exact) mass is 296 g/mol. The normalized spacial score (nSPS) is 19.6. The average molecular weight is 296 g/mol. The number of nitrogens with zero attached hydrogens (tertiary/aromatic N) is 1. The summed E-state index contributed by atoms with van der Waals surface area (Å²) in [5.74, 6) is 0. The van der Waals surface area contributed by atoms with Crippen LogP contribution in [0.2, 0.25) is 0 Å². The molecule has 1 saturated heterocycles. The average Bonchev–Trinajstić information content (AvgIpc) is 3.22. The van der Waals surface area contributed by atoms with Crippen LogP contribution < -0.4 is 0 Å². The van der Waals surface area contributed by atoms with Gasteiger partial charge in [0.1, 0.15) is 0 Å². The van der Waals surface area contributed by atoms with Crippen molar-refractivity contribution in [3.8, 4) is 10.4 Å². The molecule has 2 aromatic heterocycles. The molecule has 0 saturated carbocycles. The Hall–Kier alpha value is -1.58. The van der Waals surface area contributed by atoms with Gasteiger partial charge in [-0.2, -0.15) is 0 Å². The molecule has 0 spiro atoms. The van der Waals surface area contributed by atoms with E-state index in [0.29, 0.717) is 6.04 Å². The highest BCUT2D eigenvalue weighted by Gasteiger charge is 2.22. The van der Waals surface area contributed by atoms with E-state index in [-0.39, 0.29) is 0 Å². The van der Waals surface area contributed by atoms with Gasteiger partial charge in [-0.15, -0.1) is 11.3 Å². The summed E-state index contributed by atoms with van der Waals surface area (Å²) >= 11 is 1.81. The number of hydrogen-bond donors (Lipinski definition) is 1. The minimum absolute atomic E-state index is 0.703. The first-order valence-electron chi connectivity index (χ1n) is 7.65. The van der Waals surface area contributed by atoms with Gasteiger partial charge >= 0.3 is 0 Å². The van der Waals surface area contributed by atoms with Crippen LogP contribution in [0.3, 0.4) is 0 Å². The molecular formula is C18H20N2S. The minimum atomic E-state index is 0.703. The largest absolute Gasteiger partial charge is 0.361 e. The number of benzene rings is 1. The first-order valence-corrected chi connectivity index (χ1v) is 8.53. The van der Waals surface area contributed by atoms with E-state index in [4.69, 9.17) is 0 Å². The maximum atomic E-state index is 3.43. The lowest BCUT2D eigenvalue weighted by molar-refractivity contribution is 0.310. The molecule has 1 fully saturated rings. The van der Waals surface area contributed by atoms with Crippen LogP contribution in [-0.2, 0) is 6.42 Å². The maximum Gasteiger partial charge on any atom is 0.0457 e. The van der Waals surface area contributed by atoms with Crippen LogP contribution in [-0.4, -0.2) is 29.5 Å². The van der Waals surface area contributed by atoms with E-state index < -0.39 is 0 Å². The van der Waals surface area contributed by atoms with E-state index in [1.807, 2.05) is 11.3 Å². The molecule has 0 bridgehead atoms. The third-order valence-corrected chi connectivity index (χ3v) is 5.62. The van der Waals surface area contributed by atoms with E-state index in [2.05, 4.69) is 58.8 Å². The number of thiophene rings is 1. The number of H-pyrrole nitrogens is 1. The Morgan fingerprint density at radius 2 is 2.29 bits per heavy atom. The third-order valence-electron chi connectivity index (χ3n) is 4.70. The molecule has 0 aliphatic carbocycles. The van der Waals surface area contributed by atoms with Crippen molar-refractivity contribution < 1.29 is 0 Å². The molecule has 1 N–H and O–H groups in total. The summed E-state index contributed by atoms with van der Waals surface area (Å²) in [6.45, 7) is 1.24. The molecule has 3 heterocycles. The van der Waals surface area contributed by atoms with E-state index in [0.717, 1.165) is 6.42 Å². The van der Waals surface area contributed by atoms with Gasteiger partial charge in [0.25, 0.3) is 0 Å². The molecule has 3 aromatic rings. The smallest absolute Gasteiger partial charge is 0.0457 e. The second-order valence-electron chi connectivity index (χ2n) is 6.03. The highest BCUT2D eigenvalue weighted by molar-refractivity contribution is 7.13. The summed E-state index contributed by atoms with van der Waals surface area (Å²) in [5, 5.41) is 3.53. The van der Waals surface area contributed by atoms with Crippen molar-refractivity contribution in [2.45, 2.75) is 25.3 Å². The molecule has 1 aromatic carbocycles. The minimum Gasteiger partial charge on any atom is -0.361 e. The second kappa shape index (κ2) is 5.32. The van der Waals surface area contributed by atoms with Gasteiger partial charge in [0, 0.05) is 28.0 Å². The van der Waals surface area contributed by atoms with Crippen molar-refractivity contribution in [1.29, 1.82) is 0 Å². The summed E-state index contributed by atoms with van der Waals surface area (Å²) < 4.78 is 0. The zero-order valence-corrected chi connectivity index (χ0v) is 13.1. The number of likely N-dealkylation sites (N-methyl/N-ethyl adjacent to an activating group) is 1.